The van der Waals surface area contributed by atoms with Gasteiger partial charge < -0.3 is 10.6 Å². The summed E-state index contributed by atoms with van der Waals surface area (Å²) in [4.78, 5) is 22.2. The zero-order valence-corrected chi connectivity index (χ0v) is 11.1. The molecule has 20 heavy (non-hydrogen) atoms. The van der Waals surface area contributed by atoms with Crippen LogP contribution < -0.4 is 10.6 Å². The molecule has 1 aliphatic heterocycles. The van der Waals surface area contributed by atoms with E-state index in [1.807, 2.05) is 6.92 Å². The predicted molar refractivity (Wildman–Crippen MR) is 71.9 cm³/mol. The monoisotopic (exact) mass is 281 g/mol. The number of amides is 1. The van der Waals surface area contributed by atoms with Gasteiger partial charge in [0.1, 0.15) is 0 Å². The molecular weight excluding hydrogens is 265 g/mol. The van der Waals surface area contributed by atoms with Crippen molar-refractivity contribution in [1.29, 1.82) is 0 Å². The van der Waals surface area contributed by atoms with Crippen LogP contribution in [-0.2, 0) is 4.79 Å². The number of nitro benzene ring substituents is 1. The lowest BCUT2D eigenvalue weighted by molar-refractivity contribution is -0.387. The Morgan fingerprint density at radius 3 is 2.90 bits per heavy atom. The molecule has 1 heterocycles. The molecule has 6 nitrogen and oxygen atoms in total. The molecule has 0 saturated carbocycles. The smallest absolute Gasteiger partial charge is 0.306 e. The summed E-state index contributed by atoms with van der Waals surface area (Å²) in [6, 6.07) is 3.33. The van der Waals surface area contributed by atoms with Crippen molar-refractivity contribution >= 4 is 17.3 Å². The lowest BCUT2D eigenvalue weighted by Crippen LogP contribution is -2.50. The van der Waals surface area contributed by atoms with Crippen LogP contribution in [0.3, 0.4) is 0 Å². The molecule has 7 heteroatoms. The molecule has 1 unspecified atom stereocenters. The minimum Gasteiger partial charge on any atom is -0.324 e. The predicted octanol–water partition coefficient (Wildman–Crippen LogP) is 2.20. The minimum absolute atomic E-state index is 0.227. The highest BCUT2D eigenvalue weighted by Gasteiger charge is 2.39. The number of benzene rings is 1. The van der Waals surface area contributed by atoms with Gasteiger partial charge in [0, 0.05) is 11.8 Å². The number of hydrogen-bond acceptors (Lipinski definition) is 4. The van der Waals surface area contributed by atoms with E-state index >= 15 is 0 Å². The first-order valence-corrected chi connectivity index (χ1v) is 6.49. The Labute approximate surface area is 115 Å². The molecule has 0 radical (unpaired) electrons. The number of carbonyl (C=O) groups is 1. The first-order valence-electron chi connectivity index (χ1n) is 6.49. The molecule has 1 saturated heterocycles. The van der Waals surface area contributed by atoms with Gasteiger partial charge in [0.05, 0.1) is 10.5 Å². The largest absolute Gasteiger partial charge is 0.324 e. The van der Waals surface area contributed by atoms with Crippen molar-refractivity contribution in [1.82, 2.24) is 5.32 Å². The molecule has 1 aromatic rings. The van der Waals surface area contributed by atoms with Crippen LogP contribution in [-0.4, -0.2) is 22.9 Å². The van der Waals surface area contributed by atoms with E-state index in [2.05, 4.69) is 10.6 Å². The van der Waals surface area contributed by atoms with Gasteiger partial charge in [-0.2, -0.15) is 4.39 Å². The standard InChI is InChI=1S/C13H16FN3O3/c1-2-13(6-3-7-15-13)12(18)16-9-4-5-10(14)11(8-9)17(19)20/h4-5,8,15H,2-3,6-7H2,1H3,(H,16,18). The number of anilines is 1. The maximum atomic E-state index is 13.2. The molecule has 0 spiro atoms. The minimum atomic E-state index is -0.919. The van der Waals surface area contributed by atoms with Crippen molar-refractivity contribution in [2.24, 2.45) is 0 Å². The van der Waals surface area contributed by atoms with E-state index in [4.69, 9.17) is 0 Å². The van der Waals surface area contributed by atoms with Crippen LogP contribution in [0.4, 0.5) is 15.8 Å². The van der Waals surface area contributed by atoms with E-state index < -0.39 is 22.0 Å². The van der Waals surface area contributed by atoms with Crippen LogP contribution in [0.1, 0.15) is 26.2 Å². The molecule has 1 atom stereocenters. The number of nitrogens with one attached hydrogen (secondary N) is 2. The van der Waals surface area contributed by atoms with Crippen molar-refractivity contribution < 1.29 is 14.1 Å². The fourth-order valence-electron chi connectivity index (χ4n) is 2.44. The van der Waals surface area contributed by atoms with Crippen LogP contribution >= 0.6 is 0 Å². The summed E-state index contributed by atoms with van der Waals surface area (Å²) in [5.74, 6) is -1.16. The Hall–Kier alpha value is -2.02. The van der Waals surface area contributed by atoms with Crippen LogP contribution in [0.2, 0.25) is 0 Å². The zero-order valence-electron chi connectivity index (χ0n) is 11.1. The van der Waals surface area contributed by atoms with Gasteiger partial charge in [-0.15, -0.1) is 0 Å². The van der Waals surface area contributed by atoms with E-state index in [9.17, 15) is 19.3 Å². The second-order valence-electron chi connectivity index (χ2n) is 4.84. The molecule has 1 fully saturated rings. The Kier molecular flexibility index (Phi) is 3.99. The molecule has 0 aromatic heterocycles. The second kappa shape index (κ2) is 5.54. The number of carbonyl (C=O) groups excluding carboxylic acids is 1. The van der Waals surface area contributed by atoms with Crippen LogP contribution in [0.5, 0.6) is 0 Å². The van der Waals surface area contributed by atoms with Crippen molar-refractivity contribution in [2.45, 2.75) is 31.7 Å². The number of halogens is 1. The van der Waals surface area contributed by atoms with Crippen molar-refractivity contribution in [3.8, 4) is 0 Å². The molecule has 1 aliphatic rings. The summed E-state index contributed by atoms with van der Waals surface area (Å²) in [5, 5.41) is 16.5. The molecule has 2 rings (SSSR count). The van der Waals surface area contributed by atoms with Crippen molar-refractivity contribution in [3.63, 3.8) is 0 Å². The third-order valence-corrected chi connectivity index (χ3v) is 3.68. The number of rotatable bonds is 4. The molecule has 0 aliphatic carbocycles. The zero-order chi connectivity index (χ0) is 14.8. The summed E-state index contributed by atoms with van der Waals surface area (Å²) in [6.07, 6.45) is 2.26. The van der Waals surface area contributed by atoms with Crippen LogP contribution in [0.25, 0.3) is 0 Å². The van der Waals surface area contributed by atoms with Crippen LogP contribution in [0.15, 0.2) is 18.2 Å². The van der Waals surface area contributed by atoms with Crippen molar-refractivity contribution in [3.05, 3.63) is 34.1 Å². The fourth-order valence-corrected chi connectivity index (χ4v) is 2.44. The second-order valence-corrected chi connectivity index (χ2v) is 4.84. The third kappa shape index (κ3) is 2.62. The number of hydrogen-bond donors (Lipinski definition) is 2. The highest BCUT2D eigenvalue weighted by Crippen LogP contribution is 2.26. The molecule has 2 N–H and O–H groups in total. The topological polar surface area (TPSA) is 84.3 Å². The summed E-state index contributed by atoms with van der Waals surface area (Å²) < 4.78 is 13.2. The SMILES string of the molecule is CCC1(C(=O)Nc2ccc(F)c([N+](=O)[O-])c2)CCCN1. The Bertz CT molecular complexity index is 542. The van der Waals surface area contributed by atoms with Gasteiger partial charge in [0.2, 0.25) is 11.7 Å². The van der Waals surface area contributed by atoms with Gasteiger partial charge >= 0.3 is 5.69 Å². The van der Waals surface area contributed by atoms with Gasteiger partial charge in [0.25, 0.3) is 0 Å². The Morgan fingerprint density at radius 1 is 1.60 bits per heavy atom. The van der Waals surface area contributed by atoms with Crippen LogP contribution in [0, 0.1) is 15.9 Å². The van der Waals surface area contributed by atoms with Gasteiger partial charge in [-0.05, 0) is 37.9 Å². The van der Waals surface area contributed by atoms with E-state index in [0.29, 0.717) is 6.42 Å². The molecule has 0 bridgehead atoms. The van der Waals surface area contributed by atoms with Gasteiger partial charge in [-0.1, -0.05) is 6.92 Å². The molecule has 1 amide bonds. The Balaban J connectivity index is 2.19. The lowest BCUT2D eigenvalue weighted by Gasteiger charge is -2.26. The van der Waals surface area contributed by atoms with E-state index in [0.717, 1.165) is 31.5 Å². The lowest BCUT2D eigenvalue weighted by atomic mass is 9.93. The quantitative estimate of drug-likeness (QED) is 0.654. The summed E-state index contributed by atoms with van der Waals surface area (Å²) in [7, 11) is 0. The van der Waals surface area contributed by atoms with E-state index in [-0.39, 0.29) is 11.6 Å². The van der Waals surface area contributed by atoms with Crippen molar-refractivity contribution in [2.75, 3.05) is 11.9 Å². The average molecular weight is 281 g/mol. The van der Waals surface area contributed by atoms with Gasteiger partial charge in [0.15, 0.2) is 0 Å². The number of nitrogens with zero attached hydrogens (tertiary/aromatic N) is 1. The van der Waals surface area contributed by atoms with Gasteiger partial charge in [-0.3, -0.25) is 14.9 Å². The molecule has 108 valence electrons. The summed E-state index contributed by atoms with van der Waals surface area (Å²) in [6.45, 7) is 2.68. The van der Waals surface area contributed by atoms with E-state index in [1.54, 1.807) is 0 Å². The maximum Gasteiger partial charge on any atom is 0.306 e. The summed E-state index contributed by atoms with van der Waals surface area (Å²) in [5.41, 5.74) is -1.05. The molecule has 1 aromatic carbocycles. The number of nitro groups is 1. The Morgan fingerprint density at radius 2 is 2.35 bits per heavy atom. The highest BCUT2D eigenvalue weighted by atomic mass is 19.1. The summed E-state index contributed by atoms with van der Waals surface area (Å²) >= 11 is 0. The van der Waals surface area contributed by atoms with Gasteiger partial charge in [-0.25, -0.2) is 0 Å². The van der Waals surface area contributed by atoms with E-state index in [1.165, 1.54) is 6.07 Å². The fraction of sp³-hybridized carbons (Fsp3) is 0.462. The highest BCUT2D eigenvalue weighted by molar-refractivity contribution is 5.98. The normalized spacial score (nSPS) is 21.7. The first kappa shape index (κ1) is 14.4. The average Bonchev–Trinajstić information content (AvgIpc) is 2.90. The molecular formula is C13H16FN3O3. The maximum absolute atomic E-state index is 13.2. The first-order chi connectivity index (χ1) is 9.48. The third-order valence-electron chi connectivity index (χ3n) is 3.68.